The molecule has 188 valence electrons. The van der Waals surface area contributed by atoms with E-state index in [0.717, 1.165) is 43.4 Å². The number of benzene rings is 1. The number of amides is 1. The summed E-state index contributed by atoms with van der Waals surface area (Å²) in [4.78, 5) is 14.9. The second kappa shape index (κ2) is 11.8. The van der Waals surface area contributed by atoms with E-state index < -0.39 is 0 Å². The van der Waals surface area contributed by atoms with Crippen molar-refractivity contribution in [2.24, 2.45) is 11.8 Å². The van der Waals surface area contributed by atoms with Gasteiger partial charge in [-0.2, -0.15) is 0 Å². The second-order valence-corrected chi connectivity index (χ2v) is 10.9. The molecule has 34 heavy (non-hydrogen) atoms. The molecule has 1 aliphatic carbocycles. The highest BCUT2D eigenvalue weighted by Gasteiger charge is 2.28. The molecule has 3 aliphatic heterocycles. The number of fused-ring (bicyclic) bond motifs is 1. The number of carbonyl (C=O) groups is 1. The highest BCUT2D eigenvalue weighted by Crippen LogP contribution is 2.42. The van der Waals surface area contributed by atoms with Crippen LogP contribution in [0.4, 0.5) is 0 Å². The van der Waals surface area contributed by atoms with Gasteiger partial charge in [-0.05, 0) is 94.8 Å². The van der Waals surface area contributed by atoms with Gasteiger partial charge < -0.3 is 24.4 Å². The summed E-state index contributed by atoms with van der Waals surface area (Å²) in [6.45, 7) is 5.62. The SMILES string of the molecule is O=C(C[C@@H]1CCCCO1)NCC1CCC(CCN2CCC(c3cccc4c3OCO4)CC2)CC1. The minimum Gasteiger partial charge on any atom is -0.454 e. The van der Waals surface area contributed by atoms with Crippen LogP contribution >= 0.6 is 0 Å². The zero-order chi connectivity index (χ0) is 23.2. The molecule has 6 heteroatoms. The zero-order valence-corrected chi connectivity index (χ0v) is 20.6. The van der Waals surface area contributed by atoms with Gasteiger partial charge in [0.25, 0.3) is 0 Å². The van der Waals surface area contributed by atoms with Crippen LogP contribution in [-0.4, -0.2) is 56.5 Å². The monoisotopic (exact) mass is 470 g/mol. The minimum absolute atomic E-state index is 0.144. The number of likely N-dealkylation sites (tertiary alicyclic amines) is 1. The zero-order valence-electron chi connectivity index (χ0n) is 20.6. The van der Waals surface area contributed by atoms with Gasteiger partial charge >= 0.3 is 0 Å². The van der Waals surface area contributed by atoms with E-state index >= 15 is 0 Å². The molecule has 1 saturated carbocycles. The Balaban J connectivity index is 0.956. The van der Waals surface area contributed by atoms with E-state index in [-0.39, 0.29) is 12.0 Å². The molecule has 1 aromatic rings. The van der Waals surface area contributed by atoms with Crippen molar-refractivity contribution in [2.45, 2.75) is 82.7 Å². The van der Waals surface area contributed by atoms with Crippen molar-refractivity contribution < 1.29 is 19.0 Å². The third-order valence-electron chi connectivity index (χ3n) is 8.55. The summed E-state index contributed by atoms with van der Waals surface area (Å²) >= 11 is 0. The van der Waals surface area contributed by atoms with E-state index in [1.165, 1.54) is 76.6 Å². The topological polar surface area (TPSA) is 60.0 Å². The van der Waals surface area contributed by atoms with Crippen molar-refractivity contribution in [3.63, 3.8) is 0 Å². The van der Waals surface area contributed by atoms with Crippen molar-refractivity contribution in [3.05, 3.63) is 23.8 Å². The summed E-state index contributed by atoms with van der Waals surface area (Å²) in [5, 5.41) is 3.19. The molecule has 0 spiro atoms. The van der Waals surface area contributed by atoms with Crippen LogP contribution in [0.3, 0.4) is 0 Å². The first-order chi connectivity index (χ1) is 16.7. The molecule has 1 N–H and O–H groups in total. The molecule has 1 amide bonds. The van der Waals surface area contributed by atoms with E-state index in [1.54, 1.807) is 0 Å². The Bertz CT molecular complexity index is 794. The first-order valence-electron chi connectivity index (χ1n) is 13.7. The number of nitrogens with zero attached hydrogens (tertiary/aromatic N) is 1. The fourth-order valence-corrected chi connectivity index (χ4v) is 6.34. The standard InChI is InChI=1S/C28H42N2O4/c31-27(18-24-4-1-2-17-32-24)29-19-22-9-7-21(8-10-22)11-14-30-15-12-23(13-16-30)25-5-3-6-26-28(25)34-20-33-26/h3,5-6,21-24H,1-2,4,7-20H2,(H,29,31)/t21?,22?,24-/m0/s1. The fourth-order valence-electron chi connectivity index (χ4n) is 6.34. The molecule has 2 saturated heterocycles. The Morgan fingerprint density at radius 1 is 0.971 bits per heavy atom. The third kappa shape index (κ3) is 6.25. The summed E-state index contributed by atoms with van der Waals surface area (Å²) < 4.78 is 17.0. The molecule has 0 radical (unpaired) electrons. The fraction of sp³-hybridized carbons (Fsp3) is 0.750. The van der Waals surface area contributed by atoms with Gasteiger partial charge in [-0.25, -0.2) is 0 Å². The maximum Gasteiger partial charge on any atom is 0.231 e. The van der Waals surface area contributed by atoms with Crippen LogP contribution in [0, 0.1) is 11.8 Å². The van der Waals surface area contributed by atoms with Gasteiger partial charge in [0.15, 0.2) is 11.5 Å². The van der Waals surface area contributed by atoms with E-state index in [4.69, 9.17) is 14.2 Å². The molecule has 6 nitrogen and oxygen atoms in total. The van der Waals surface area contributed by atoms with Gasteiger partial charge in [-0.15, -0.1) is 0 Å². The molecular weight excluding hydrogens is 428 g/mol. The Morgan fingerprint density at radius 3 is 2.59 bits per heavy atom. The number of nitrogens with one attached hydrogen (secondary N) is 1. The van der Waals surface area contributed by atoms with Crippen LogP contribution < -0.4 is 14.8 Å². The lowest BCUT2D eigenvalue weighted by atomic mass is 9.80. The number of piperidine rings is 1. The van der Waals surface area contributed by atoms with Crippen LogP contribution in [0.15, 0.2) is 18.2 Å². The predicted molar refractivity (Wildman–Crippen MR) is 132 cm³/mol. The second-order valence-electron chi connectivity index (χ2n) is 10.9. The lowest BCUT2D eigenvalue weighted by Gasteiger charge is -2.34. The Kier molecular flexibility index (Phi) is 8.28. The molecule has 4 aliphatic rings. The Hall–Kier alpha value is -1.79. The lowest BCUT2D eigenvalue weighted by molar-refractivity contribution is -0.125. The van der Waals surface area contributed by atoms with Gasteiger partial charge in [-0.1, -0.05) is 25.0 Å². The minimum atomic E-state index is 0.144. The molecule has 0 unspecified atom stereocenters. The quantitative estimate of drug-likeness (QED) is 0.588. The summed E-state index contributed by atoms with van der Waals surface area (Å²) in [6.07, 6.45) is 12.9. The Morgan fingerprint density at radius 2 is 1.79 bits per heavy atom. The van der Waals surface area contributed by atoms with Gasteiger partial charge in [0.2, 0.25) is 12.7 Å². The van der Waals surface area contributed by atoms with Crippen LogP contribution in [0.25, 0.3) is 0 Å². The van der Waals surface area contributed by atoms with Crippen molar-refractivity contribution in [3.8, 4) is 11.5 Å². The average molecular weight is 471 g/mol. The Labute approximate surface area is 204 Å². The number of rotatable bonds is 8. The molecule has 1 atom stereocenters. The van der Waals surface area contributed by atoms with E-state index in [1.807, 2.05) is 6.07 Å². The van der Waals surface area contributed by atoms with Gasteiger partial charge in [0.1, 0.15) is 0 Å². The van der Waals surface area contributed by atoms with Crippen LogP contribution in [0.1, 0.15) is 82.1 Å². The van der Waals surface area contributed by atoms with Crippen molar-refractivity contribution in [2.75, 3.05) is 39.6 Å². The van der Waals surface area contributed by atoms with Gasteiger partial charge in [-0.3, -0.25) is 4.79 Å². The van der Waals surface area contributed by atoms with E-state index in [0.29, 0.717) is 25.0 Å². The normalized spacial score (nSPS) is 28.1. The highest BCUT2D eigenvalue weighted by molar-refractivity contribution is 5.76. The van der Waals surface area contributed by atoms with E-state index in [2.05, 4.69) is 22.3 Å². The number of hydrogen-bond donors (Lipinski definition) is 1. The molecular formula is C28H42N2O4. The molecule has 3 heterocycles. The number of carbonyl (C=O) groups excluding carboxylic acids is 1. The molecule has 0 bridgehead atoms. The summed E-state index contributed by atoms with van der Waals surface area (Å²) in [6, 6.07) is 6.33. The number of ether oxygens (including phenoxy) is 3. The van der Waals surface area contributed by atoms with Crippen LogP contribution in [-0.2, 0) is 9.53 Å². The van der Waals surface area contributed by atoms with Gasteiger partial charge in [0, 0.05) is 18.7 Å². The smallest absolute Gasteiger partial charge is 0.231 e. The van der Waals surface area contributed by atoms with Crippen LogP contribution in [0.5, 0.6) is 11.5 Å². The van der Waals surface area contributed by atoms with Crippen LogP contribution in [0.2, 0.25) is 0 Å². The first-order valence-corrected chi connectivity index (χ1v) is 13.7. The molecule has 0 aromatic heterocycles. The maximum atomic E-state index is 12.3. The molecule has 3 fully saturated rings. The summed E-state index contributed by atoms with van der Waals surface area (Å²) in [7, 11) is 0. The van der Waals surface area contributed by atoms with Crippen molar-refractivity contribution >= 4 is 5.91 Å². The van der Waals surface area contributed by atoms with Crippen molar-refractivity contribution in [1.82, 2.24) is 10.2 Å². The van der Waals surface area contributed by atoms with Gasteiger partial charge in [0.05, 0.1) is 12.5 Å². The molecule has 1 aromatic carbocycles. The predicted octanol–water partition coefficient (Wildman–Crippen LogP) is 4.87. The summed E-state index contributed by atoms with van der Waals surface area (Å²) in [5.74, 6) is 4.16. The maximum absolute atomic E-state index is 12.3. The number of para-hydroxylation sites is 1. The first kappa shape index (κ1) is 23.9. The highest BCUT2D eigenvalue weighted by atomic mass is 16.7. The average Bonchev–Trinajstić information content (AvgIpc) is 3.37. The third-order valence-corrected chi connectivity index (χ3v) is 8.55. The van der Waals surface area contributed by atoms with E-state index in [9.17, 15) is 4.79 Å². The summed E-state index contributed by atoms with van der Waals surface area (Å²) in [5.41, 5.74) is 1.34. The largest absolute Gasteiger partial charge is 0.454 e. The number of hydrogen-bond acceptors (Lipinski definition) is 5. The lowest BCUT2D eigenvalue weighted by Crippen LogP contribution is -2.36. The van der Waals surface area contributed by atoms with Crippen molar-refractivity contribution in [1.29, 1.82) is 0 Å². The molecule has 5 rings (SSSR count).